The van der Waals surface area contributed by atoms with E-state index in [9.17, 15) is 0 Å². The Hall–Kier alpha value is -1.83. The van der Waals surface area contributed by atoms with E-state index in [2.05, 4.69) is 81.7 Å². The number of allylic oxidation sites excluding steroid dienone is 1. The van der Waals surface area contributed by atoms with Crippen LogP contribution in [0, 0.1) is 5.92 Å². The molecule has 0 fully saturated rings. The third-order valence-electron chi connectivity index (χ3n) is 3.91. The van der Waals surface area contributed by atoms with Crippen LogP contribution in [0.4, 0.5) is 0 Å². The van der Waals surface area contributed by atoms with Gasteiger partial charge in [0.15, 0.2) is 0 Å². The highest BCUT2D eigenvalue weighted by molar-refractivity contribution is 6.31. The molecule has 1 unspecified atom stereocenters. The van der Waals surface area contributed by atoms with Gasteiger partial charge in [0.05, 0.1) is 0 Å². The fraction of sp³-hybridized carbons (Fsp3) is 0.304. The third-order valence-corrected chi connectivity index (χ3v) is 4.28. The van der Waals surface area contributed by atoms with Crippen LogP contribution in [0.3, 0.4) is 0 Å². The topological polar surface area (TPSA) is 12.0 Å². The third kappa shape index (κ3) is 7.72. The summed E-state index contributed by atoms with van der Waals surface area (Å²) in [6.45, 7) is 13.5. The molecule has 1 nitrogen and oxygen atoms in total. The number of benzene rings is 2. The van der Waals surface area contributed by atoms with Gasteiger partial charge >= 0.3 is 0 Å². The molecule has 2 rings (SSSR count). The van der Waals surface area contributed by atoms with Crippen LogP contribution in [-0.2, 0) is 6.42 Å². The van der Waals surface area contributed by atoms with Gasteiger partial charge in [0.2, 0.25) is 0 Å². The normalized spacial score (nSPS) is 12.0. The van der Waals surface area contributed by atoms with Crippen LogP contribution in [0.5, 0.6) is 0 Å². The van der Waals surface area contributed by atoms with Crippen LogP contribution in [0.25, 0.3) is 6.08 Å². The van der Waals surface area contributed by atoms with E-state index < -0.39 is 0 Å². The zero-order valence-corrected chi connectivity index (χ0v) is 16.4. The lowest BCUT2D eigenvalue weighted by Gasteiger charge is -2.15. The van der Waals surface area contributed by atoms with Gasteiger partial charge in [0.25, 0.3) is 0 Å². The largest absolute Gasteiger partial charge is 0.310 e. The molecule has 0 aliphatic rings. The first-order valence-corrected chi connectivity index (χ1v) is 9.19. The van der Waals surface area contributed by atoms with Crippen molar-refractivity contribution >= 4 is 17.7 Å². The molecule has 0 radical (unpaired) electrons. The van der Waals surface area contributed by atoms with Crippen LogP contribution in [0.1, 0.15) is 43.5 Å². The average molecular weight is 356 g/mol. The van der Waals surface area contributed by atoms with E-state index >= 15 is 0 Å². The van der Waals surface area contributed by atoms with Crippen molar-refractivity contribution in [3.63, 3.8) is 0 Å². The number of hydrogen-bond acceptors (Lipinski definition) is 1. The van der Waals surface area contributed by atoms with E-state index in [0.29, 0.717) is 12.0 Å². The SMILES string of the molecule is C=C.CC(C)/C=C/c1ccc(C(C)NCCc2ccccc2Cl)cc1. The van der Waals surface area contributed by atoms with Crippen molar-refractivity contribution < 1.29 is 0 Å². The summed E-state index contributed by atoms with van der Waals surface area (Å²) in [6, 6.07) is 17.1. The maximum Gasteiger partial charge on any atom is 0.0438 e. The number of rotatable bonds is 7. The second-order valence-corrected chi connectivity index (χ2v) is 6.69. The van der Waals surface area contributed by atoms with Crippen LogP contribution in [-0.4, -0.2) is 6.54 Å². The molecule has 2 aromatic carbocycles. The summed E-state index contributed by atoms with van der Waals surface area (Å²) in [5.41, 5.74) is 3.76. The Morgan fingerprint density at radius 2 is 1.64 bits per heavy atom. The summed E-state index contributed by atoms with van der Waals surface area (Å²) in [5.74, 6) is 0.583. The first kappa shape index (κ1) is 21.2. The van der Waals surface area contributed by atoms with Crippen molar-refractivity contribution in [2.24, 2.45) is 5.92 Å². The van der Waals surface area contributed by atoms with Crippen molar-refractivity contribution in [2.75, 3.05) is 6.54 Å². The van der Waals surface area contributed by atoms with Gasteiger partial charge in [-0.3, -0.25) is 0 Å². The van der Waals surface area contributed by atoms with Crippen molar-refractivity contribution in [2.45, 2.75) is 33.2 Å². The molecule has 0 spiro atoms. The Balaban J connectivity index is 0.00000151. The standard InChI is InChI=1S/C21H26ClN.C2H4/c1-16(2)8-9-18-10-12-19(13-11-18)17(3)23-15-14-20-6-4-5-7-21(20)22;1-2/h4-13,16-17,23H,14-15H2,1-3H3;1-2H2/b9-8+;. The highest BCUT2D eigenvalue weighted by Gasteiger charge is 2.05. The van der Waals surface area contributed by atoms with E-state index in [1.165, 1.54) is 16.7 Å². The summed E-state index contributed by atoms with van der Waals surface area (Å²) in [6.07, 6.45) is 5.35. The molecule has 2 heteroatoms. The molecule has 2 aromatic rings. The highest BCUT2D eigenvalue weighted by Crippen LogP contribution is 2.17. The Morgan fingerprint density at radius 1 is 1.00 bits per heavy atom. The van der Waals surface area contributed by atoms with Crippen molar-refractivity contribution in [1.82, 2.24) is 5.32 Å². The van der Waals surface area contributed by atoms with Gasteiger partial charge in [-0.15, -0.1) is 13.2 Å². The summed E-state index contributed by atoms with van der Waals surface area (Å²) in [5, 5.41) is 4.42. The van der Waals surface area contributed by atoms with Crippen molar-refractivity contribution in [1.29, 1.82) is 0 Å². The maximum absolute atomic E-state index is 6.19. The first-order valence-electron chi connectivity index (χ1n) is 8.81. The number of hydrogen-bond donors (Lipinski definition) is 1. The van der Waals surface area contributed by atoms with Crippen molar-refractivity contribution in [3.05, 3.63) is 89.5 Å². The fourth-order valence-corrected chi connectivity index (χ4v) is 2.67. The molecule has 0 amide bonds. The summed E-state index contributed by atoms with van der Waals surface area (Å²) >= 11 is 6.19. The Bertz CT molecular complexity index is 643. The monoisotopic (exact) mass is 355 g/mol. The Morgan fingerprint density at radius 3 is 2.24 bits per heavy atom. The predicted molar refractivity (Wildman–Crippen MR) is 113 cm³/mol. The van der Waals surface area contributed by atoms with E-state index in [1.807, 2.05) is 18.2 Å². The van der Waals surface area contributed by atoms with Gasteiger partial charge in [0, 0.05) is 11.1 Å². The molecule has 134 valence electrons. The predicted octanol–water partition coefficient (Wildman–Crippen LogP) is 6.70. The minimum atomic E-state index is 0.334. The summed E-state index contributed by atoms with van der Waals surface area (Å²) < 4.78 is 0. The highest BCUT2D eigenvalue weighted by atomic mass is 35.5. The Kier molecular flexibility index (Phi) is 9.91. The molecule has 25 heavy (non-hydrogen) atoms. The lowest BCUT2D eigenvalue weighted by atomic mass is 10.0. The summed E-state index contributed by atoms with van der Waals surface area (Å²) in [7, 11) is 0. The lowest BCUT2D eigenvalue weighted by Crippen LogP contribution is -2.21. The molecule has 0 aliphatic carbocycles. The summed E-state index contributed by atoms with van der Waals surface area (Å²) in [4.78, 5) is 0. The smallest absolute Gasteiger partial charge is 0.0438 e. The average Bonchev–Trinajstić information content (AvgIpc) is 2.63. The van der Waals surface area contributed by atoms with Crippen LogP contribution < -0.4 is 5.32 Å². The minimum Gasteiger partial charge on any atom is -0.310 e. The van der Waals surface area contributed by atoms with Gasteiger partial charge in [0.1, 0.15) is 0 Å². The molecule has 0 bridgehead atoms. The van der Waals surface area contributed by atoms with E-state index in [4.69, 9.17) is 11.6 Å². The van der Waals surface area contributed by atoms with E-state index in [0.717, 1.165) is 18.0 Å². The molecular weight excluding hydrogens is 326 g/mol. The second-order valence-electron chi connectivity index (χ2n) is 6.29. The van der Waals surface area contributed by atoms with Gasteiger partial charge in [-0.1, -0.05) is 80.1 Å². The van der Waals surface area contributed by atoms with Crippen LogP contribution >= 0.6 is 11.6 Å². The maximum atomic E-state index is 6.19. The van der Waals surface area contributed by atoms with Crippen LogP contribution in [0.2, 0.25) is 5.02 Å². The number of halogens is 1. The van der Waals surface area contributed by atoms with Gasteiger partial charge < -0.3 is 5.32 Å². The van der Waals surface area contributed by atoms with Crippen LogP contribution in [0.15, 0.2) is 67.8 Å². The van der Waals surface area contributed by atoms with E-state index in [-0.39, 0.29) is 0 Å². The fourth-order valence-electron chi connectivity index (χ4n) is 2.44. The second kappa shape index (κ2) is 11.7. The lowest BCUT2D eigenvalue weighted by molar-refractivity contribution is 0.577. The Labute approximate surface area is 158 Å². The van der Waals surface area contributed by atoms with Gasteiger partial charge in [-0.05, 0) is 48.6 Å². The zero-order chi connectivity index (χ0) is 18.7. The quantitative estimate of drug-likeness (QED) is 0.544. The van der Waals surface area contributed by atoms with E-state index in [1.54, 1.807) is 0 Å². The molecule has 0 saturated carbocycles. The van der Waals surface area contributed by atoms with Gasteiger partial charge in [-0.25, -0.2) is 0 Å². The molecule has 0 heterocycles. The molecule has 0 aliphatic heterocycles. The molecule has 1 N–H and O–H groups in total. The molecule has 0 aromatic heterocycles. The van der Waals surface area contributed by atoms with Gasteiger partial charge in [-0.2, -0.15) is 0 Å². The zero-order valence-electron chi connectivity index (χ0n) is 15.6. The molecule has 1 atom stereocenters. The van der Waals surface area contributed by atoms with Crippen molar-refractivity contribution in [3.8, 4) is 0 Å². The molecular formula is C23H30ClN. The molecule has 0 saturated heterocycles. The minimum absolute atomic E-state index is 0.334. The number of nitrogens with one attached hydrogen (secondary N) is 1. The first-order chi connectivity index (χ1) is 12.1.